The van der Waals surface area contributed by atoms with Crippen molar-refractivity contribution in [2.75, 3.05) is 13.1 Å². The van der Waals surface area contributed by atoms with Crippen molar-refractivity contribution in [3.8, 4) is 0 Å². The molecular formula is C14H21N5O. The molecule has 6 nitrogen and oxygen atoms in total. The number of aryl methyl sites for hydroxylation is 1. The van der Waals surface area contributed by atoms with Gasteiger partial charge in [0.2, 0.25) is 0 Å². The molecule has 2 atom stereocenters. The summed E-state index contributed by atoms with van der Waals surface area (Å²) in [4.78, 5) is 21.8. The first-order chi connectivity index (χ1) is 9.52. The summed E-state index contributed by atoms with van der Waals surface area (Å²) in [5.41, 5.74) is 0.554. The molecule has 2 aromatic heterocycles. The number of aromatic nitrogens is 4. The molecule has 3 rings (SSSR count). The summed E-state index contributed by atoms with van der Waals surface area (Å²) < 4.78 is 1.65. The minimum atomic E-state index is -0.101. The lowest BCUT2D eigenvalue weighted by Crippen LogP contribution is -2.38. The SMILES string of the molecule is C[C@@H]1C[C@H](C)CN(Cc2nc3c(cnn3C)c(=O)[nH]2)C1. The van der Waals surface area contributed by atoms with Crippen molar-refractivity contribution >= 4 is 11.0 Å². The average molecular weight is 275 g/mol. The first kappa shape index (κ1) is 13.3. The largest absolute Gasteiger partial charge is 0.309 e. The van der Waals surface area contributed by atoms with E-state index < -0.39 is 0 Å². The predicted molar refractivity (Wildman–Crippen MR) is 77.4 cm³/mol. The van der Waals surface area contributed by atoms with E-state index >= 15 is 0 Å². The standard InChI is InChI=1S/C14H21N5O/c1-9-4-10(2)7-19(6-9)8-12-16-13-11(14(20)17-12)5-15-18(13)3/h5,9-10H,4,6-8H2,1-3H3,(H,16,17,20)/t9-,10+. The normalized spacial score (nSPS) is 24.4. The van der Waals surface area contributed by atoms with Crippen LogP contribution in [0.4, 0.5) is 0 Å². The van der Waals surface area contributed by atoms with Gasteiger partial charge in [0, 0.05) is 20.1 Å². The van der Waals surface area contributed by atoms with Gasteiger partial charge < -0.3 is 4.98 Å². The molecular weight excluding hydrogens is 254 g/mol. The Morgan fingerprint density at radius 3 is 2.75 bits per heavy atom. The maximum atomic E-state index is 12.0. The number of likely N-dealkylation sites (tertiary alicyclic amines) is 1. The van der Waals surface area contributed by atoms with Gasteiger partial charge in [-0.05, 0) is 18.3 Å². The topological polar surface area (TPSA) is 66.8 Å². The van der Waals surface area contributed by atoms with E-state index in [0.29, 0.717) is 29.4 Å². The highest BCUT2D eigenvalue weighted by molar-refractivity contribution is 5.72. The zero-order valence-electron chi connectivity index (χ0n) is 12.3. The van der Waals surface area contributed by atoms with E-state index in [-0.39, 0.29) is 5.56 Å². The van der Waals surface area contributed by atoms with Gasteiger partial charge >= 0.3 is 0 Å². The first-order valence-corrected chi connectivity index (χ1v) is 7.16. The van der Waals surface area contributed by atoms with Crippen molar-refractivity contribution in [2.45, 2.75) is 26.8 Å². The third-order valence-corrected chi connectivity index (χ3v) is 3.97. The van der Waals surface area contributed by atoms with Gasteiger partial charge in [-0.2, -0.15) is 5.10 Å². The lowest BCUT2D eigenvalue weighted by Gasteiger charge is -2.34. The zero-order valence-corrected chi connectivity index (χ0v) is 12.3. The van der Waals surface area contributed by atoms with Gasteiger partial charge in [-0.15, -0.1) is 0 Å². The number of H-pyrrole nitrogens is 1. The van der Waals surface area contributed by atoms with Crippen molar-refractivity contribution < 1.29 is 0 Å². The molecule has 1 aliphatic rings. The minimum Gasteiger partial charge on any atom is -0.309 e. The molecule has 3 heterocycles. The Morgan fingerprint density at radius 2 is 2.05 bits per heavy atom. The van der Waals surface area contributed by atoms with Crippen LogP contribution in [0.1, 0.15) is 26.1 Å². The van der Waals surface area contributed by atoms with E-state index in [9.17, 15) is 4.79 Å². The number of fused-ring (bicyclic) bond motifs is 1. The average Bonchev–Trinajstić information content (AvgIpc) is 2.70. The number of piperidine rings is 1. The van der Waals surface area contributed by atoms with Gasteiger partial charge in [-0.1, -0.05) is 13.8 Å². The summed E-state index contributed by atoms with van der Waals surface area (Å²) in [5, 5.41) is 4.64. The maximum Gasteiger partial charge on any atom is 0.262 e. The van der Waals surface area contributed by atoms with Crippen molar-refractivity contribution in [1.82, 2.24) is 24.6 Å². The molecule has 0 bridgehead atoms. The van der Waals surface area contributed by atoms with Crippen molar-refractivity contribution in [3.63, 3.8) is 0 Å². The summed E-state index contributed by atoms with van der Waals surface area (Å²) in [5.74, 6) is 2.13. The number of rotatable bonds is 2. The molecule has 0 amide bonds. The minimum absolute atomic E-state index is 0.101. The van der Waals surface area contributed by atoms with Crippen LogP contribution in [0.3, 0.4) is 0 Å². The van der Waals surface area contributed by atoms with Crippen LogP contribution in [-0.2, 0) is 13.6 Å². The van der Waals surface area contributed by atoms with Crippen LogP contribution in [0.5, 0.6) is 0 Å². The first-order valence-electron chi connectivity index (χ1n) is 7.16. The van der Waals surface area contributed by atoms with Gasteiger partial charge in [0.05, 0.1) is 12.7 Å². The van der Waals surface area contributed by atoms with Crippen LogP contribution in [0, 0.1) is 11.8 Å². The number of nitrogens with zero attached hydrogens (tertiary/aromatic N) is 4. The van der Waals surface area contributed by atoms with Gasteiger partial charge in [-0.3, -0.25) is 14.4 Å². The third-order valence-electron chi connectivity index (χ3n) is 3.97. The third kappa shape index (κ3) is 2.47. The van der Waals surface area contributed by atoms with E-state index in [1.807, 2.05) is 7.05 Å². The van der Waals surface area contributed by atoms with Crippen molar-refractivity contribution in [1.29, 1.82) is 0 Å². The van der Waals surface area contributed by atoms with Gasteiger partial charge in [0.1, 0.15) is 11.2 Å². The Labute approximate surface area is 117 Å². The number of hydrogen-bond donors (Lipinski definition) is 1. The highest BCUT2D eigenvalue weighted by Gasteiger charge is 2.22. The smallest absolute Gasteiger partial charge is 0.262 e. The molecule has 0 aromatic carbocycles. The Balaban J connectivity index is 1.87. The summed E-state index contributed by atoms with van der Waals surface area (Å²) in [6.45, 7) is 7.40. The maximum absolute atomic E-state index is 12.0. The quantitative estimate of drug-likeness (QED) is 0.892. The summed E-state index contributed by atoms with van der Waals surface area (Å²) in [7, 11) is 1.81. The Hall–Kier alpha value is -1.69. The molecule has 0 unspecified atom stereocenters. The van der Waals surface area contributed by atoms with Gasteiger partial charge in [-0.25, -0.2) is 4.98 Å². The Morgan fingerprint density at radius 1 is 1.35 bits per heavy atom. The lowest BCUT2D eigenvalue weighted by atomic mass is 9.92. The molecule has 2 aromatic rings. The molecule has 20 heavy (non-hydrogen) atoms. The van der Waals surface area contributed by atoms with Gasteiger partial charge in [0.25, 0.3) is 5.56 Å². The number of hydrogen-bond acceptors (Lipinski definition) is 4. The van der Waals surface area contributed by atoms with E-state index in [1.54, 1.807) is 10.9 Å². The van der Waals surface area contributed by atoms with Crippen molar-refractivity contribution in [2.24, 2.45) is 18.9 Å². The van der Waals surface area contributed by atoms with Crippen molar-refractivity contribution in [3.05, 3.63) is 22.4 Å². The van der Waals surface area contributed by atoms with Gasteiger partial charge in [0.15, 0.2) is 5.65 Å². The second-order valence-electron chi connectivity index (χ2n) is 6.16. The fourth-order valence-corrected chi connectivity index (χ4v) is 3.29. The van der Waals surface area contributed by atoms with Crippen LogP contribution in [-0.4, -0.2) is 37.7 Å². The Kier molecular flexibility index (Phi) is 3.33. The second kappa shape index (κ2) is 5.01. The molecule has 0 aliphatic carbocycles. The summed E-state index contributed by atoms with van der Waals surface area (Å²) in [6, 6.07) is 0. The molecule has 0 spiro atoms. The molecule has 0 radical (unpaired) electrons. The predicted octanol–water partition coefficient (Wildman–Crippen LogP) is 1.13. The molecule has 1 N–H and O–H groups in total. The molecule has 1 aliphatic heterocycles. The zero-order chi connectivity index (χ0) is 14.3. The summed E-state index contributed by atoms with van der Waals surface area (Å²) in [6.07, 6.45) is 2.84. The second-order valence-corrected chi connectivity index (χ2v) is 6.16. The highest BCUT2D eigenvalue weighted by Crippen LogP contribution is 2.21. The summed E-state index contributed by atoms with van der Waals surface area (Å²) >= 11 is 0. The molecule has 0 saturated carbocycles. The van der Waals surface area contributed by atoms with E-state index in [1.165, 1.54) is 6.42 Å². The van der Waals surface area contributed by atoms with E-state index in [4.69, 9.17) is 0 Å². The Bertz CT molecular complexity index is 664. The fraction of sp³-hybridized carbons (Fsp3) is 0.643. The van der Waals surface area contributed by atoms with E-state index in [0.717, 1.165) is 18.9 Å². The lowest BCUT2D eigenvalue weighted by molar-refractivity contribution is 0.131. The monoisotopic (exact) mass is 275 g/mol. The fourth-order valence-electron chi connectivity index (χ4n) is 3.29. The van der Waals surface area contributed by atoms with Crippen LogP contribution in [0.25, 0.3) is 11.0 Å². The van der Waals surface area contributed by atoms with Crippen LogP contribution in [0.2, 0.25) is 0 Å². The van der Waals surface area contributed by atoms with E-state index in [2.05, 4.69) is 33.8 Å². The molecule has 1 saturated heterocycles. The molecule has 108 valence electrons. The molecule has 6 heteroatoms. The van der Waals surface area contributed by atoms with Crippen LogP contribution in [0.15, 0.2) is 11.0 Å². The van der Waals surface area contributed by atoms with Crippen LogP contribution >= 0.6 is 0 Å². The number of aromatic amines is 1. The number of nitrogens with one attached hydrogen (secondary N) is 1. The van der Waals surface area contributed by atoms with Crippen LogP contribution < -0.4 is 5.56 Å². The molecule has 1 fully saturated rings. The highest BCUT2D eigenvalue weighted by atomic mass is 16.1.